The van der Waals surface area contributed by atoms with Crippen LogP contribution in [-0.4, -0.2) is 29.2 Å². The smallest absolute Gasteiger partial charge is 0.244 e. The third-order valence-electron chi connectivity index (χ3n) is 7.73. The van der Waals surface area contributed by atoms with Crippen LogP contribution in [0.4, 0.5) is 5.69 Å². The maximum atomic E-state index is 13.0. The summed E-state index contributed by atoms with van der Waals surface area (Å²) < 4.78 is 0. The molecular weight excluding hydrogens is 352 g/mol. The number of amides is 3. The van der Waals surface area contributed by atoms with Gasteiger partial charge in [-0.3, -0.25) is 19.3 Å². The number of carbonyl (C=O) groups is 3. The van der Waals surface area contributed by atoms with Crippen molar-refractivity contribution in [1.29, 1.82) is 0 Å². The number of rotatable bonds is 3. The van der Waals surface area contributed by atoms with Crippen LogP contribution < -0.4 is 5.32 Å². The Morgan fingerprint density at radius 2 is 1.68 bits per heavy atom. The average molecular weight is 376 g/mol. The zero-order valence-electron chi connectivity index (χ0n) is 15.8. The molecule has 5 aliphatic carbocycles. The van der Waals surface area contributed by atoms with Crippen molar-refractivity contribution in [1.82, 2.24) is 4.90 Å². The van der Waals surface area contributed by atoms with E-state index in [0.29, 0.717) is 11.8 Å². The van der Waals surface area contributed by atoms with Crippen LogP contribution in [-0.2, 0) is 27.2 Å². The van der Waals surface area contributed by atoms with Gasteiger partial charge in [-0.2, -0.15) is 0 Å². The van der Waals surface area contributed by atoms with Crippen molar-refractivity contribution >= 4 is 23.4 Å². The van der Waals surface area contributed by atoms with Gasteiger partial charge in [0.25, 0.3) is 0 Å². The molecule has 0 spiro atoms. The summed E-state index contributed by atoms with van der Waals surface area (Å²) in [5, 5.41) is 2.97. The number of aryl methyl sites for hydroxylation is 1. The highest BCUT2D eigenvalue weighted by Gasteiger charge is 2.67. The van der Waals surface area contributed by atoms with E-state index in [0.717, 1.165) is 31.4 Å². The summed E-state index contributed by atoms with van der Waals surface area (Å²) in [6, 6.07) is 6.01. The number of imide groups is 1. The molecule has 6 aliphatic rings. The largest absolute Gasteiger partial charge is 0.324 e. The molecule has 5 nitrogen and oxygen atoms in total. The van der Waals surface area contributed by atoms with Gasteiger partial charge in [-0.05, 0) is 73.0 Å². The number of carbonyl (C=O) groups excluding carboxylic acids is 3. The molecule has 5 heteroatoms. The molecule has 1 heterocycles. The standard InChI is InChI=1S/C23H24N2O3/c26-19(24-18-7-3-5-12-4-1-2-6-13(12)18)11-25-22(27)20-14-8-9-15(17-10-16(14)17)21(20)23(25)28/h3,5,7-9,14-17,20-21H,1-2,4,6,10-11H2,(H,24,26)/t14-,15-,16-,17-,20-,21+/m0/s1. The molecule has 3 fully saturated rings. The zero-order chi connectivity index (χ0) is 19.0. The molecular formula is C23H24N2O3. The summed E-state index contributed by atoms with van der Waals surface area (Å²) in [6.07, 6.45) is 9.79. The van der Waals surface area contributed by atoms with Crippen LogP contribution >= 0.6 is 0 Å². The lowest BCUT2D eigenvalue weighted by molar-refractivity contribution is -0.142. The van der Waals surface area contributed by atoms with Gasteiger partial charge >= 0.3 is 0 Å². The number of allylic oxidation sites excluding steroid dienone is 2. The first kappa shape index (κ1) is 16.5. The van der Waals surface area contributed by atoms with Gasteiger partial charge in [-0.25, -0.2) is 0 Å². The number of benzene rings is 1. The second-order valence-corrected chi connectivity index (χ2v) is 9.12. The fourth-order valence-corrected chi connectivity index (χ4v) is 6.41. The van der Waals surface area contributed by atoms with Gasteiger partial charge in [0.15, 0.2) is 0 Å². The van der Waals surface area contributed by atoms with Gasteiger partial charge in [-0.1, -0.05) is 24.3 Å². The molecule has 1 saturated heterocycles. The summed E-state index contributed by atoms with van der Waals surface area (Å²) >= 11 is 0. The molecule has 144 valence electrons. The molecule has 0 radical (unpaired) electrons. The lowest BCUT2D eigenvalue weighted by Gasteiger charge is -2.37. The molecule has 3 amide bonds. The Morgan fingerprint density at radius 3 is 2.39 bits per heavy atom. The molecule has 0 unspecified atom stereocenters. The van der Waals surface area contributed by atoms with Crippen LogP contribution in [0.15, 0.2) is 30.4 Å². The highest BCUT2D eigenvalue weighted by molar-refractivity contribution is 6.09. The summed E-state index contributed by atoms with van der Waals surface area (Å²) in [5.41, 5.74) is 3.34. The SMILES string of the molecule is O=C(CN1C(=O)[C@@H]2[C@H]3C=C[C@@H]([C@@H]4C[C@@H]34)[C@@H]2C1=O)Nc1cccc2c1CCCC2. The fraction of sp³-hybridized carbons (Fsp3) is 0.522. The number of hydrogen-bond donors (Lipinski definition) is 1. The van der Waals surface area contributed by atoms with E-state index in [1.165, 1.54) is 22.4 Å². The van der Waals surface area contributed by atoms with Crippen molar-refractivity contribution in [2.24, 2.45) is 35.5 Å². The van der Waals surface area contributed by atoms with Gasteiger partial charge in [0.1, 0.15) is 6.54 Å². The maximum Gasteiger partial charge on any atom is 0.244 e. The highest BCUT2D eigenvalue weighted by atomic mass is 16.2. The van der Waals surface area contributed by atoms with Crippen LogP contribution in [0.1, 0.15) is 30.4 Å². The monoisotopic (exact) mass is 376 g/mol. The molecule has 6 atom stereocenters. The summed E-state index contributed by atoms with van der Waals surface area (Å²) in [6.45, 7) is -0.164. The van der Waals surface area contributed by atoms with Crippen molar-refractivity contribution in [3.8, 4) is 0 Å². The van der Waals surface area contributed by atoms with Crippen LogP contribution in [0.3, 0.4) is 0 Å². The van der Waals surface area contributed by atoms with E-state index in [2.05, 4.69) is 23.5 Å². The first-order valence-corrected chi connectivity index (χ1v) is 10.6. The Balaban J connectivity index is 1.20. The Kier molecular flexibility index (Phi) is 3.41. The zero-order valence-corrected chi connectivity index (χ0v) is 15.8. The average Bonchev–Trinajstić information content (AvgIpc) is 3.49. The Labute approximate surface area is 164 Å². The minimum atomic E-state index is -0.273. The quantitative estimate of drug-likeness (QED) is 0.651. The van der Waals surface area contributed by atoms with E-state index >= 15 is 0 Å². The number of likely N-dealkylation sites (tertiary alicyclic amines) is 1. The molecule has 1 aromatic rings. The van der Waals surface area contributed by atoms with Crippen molar-refractivity contribution in [3.63, 3.8) is 0 Å². The molecule has 2 bridgehead atoms. The number of fused-ring (bicyclic) bond motifs is 1. The van der Waals surface area contributed by atoms with Crippen LogP contribution in [0, 0.1) is 35.5 Å². The van der Waals surface area contributed by atoms with Crippen molar-refractivity contribution in [2.45, 2.75) is 32.1 Å². The van der Waals surface area contributed by atoms with Gasteiger partial charge in [0.05, 0.1) is 11.8 Å². The van der Waals surface area contributed by atoms with Crippen molar-refractivity contribution in [2.75, 3.05) is 11.9 Å². The van der Waals surface area contributed by atoms with E-state index in [9.17, 15) is 14.4 Å². The van der Waals surface area contributed by atoms with E-state index in [1.807, 2.05) is 12.1 Å². The minimum absolute atomic E-state index is 0.134. The fourth-order valence-electron chi connectivity index (χ4n) is 6.41. The second-order valence-electron chi connectivity index (χ2n) is 9.12. The number of hydrogen-bond acceptors (Lipinski definition) is 3. The summed E-state index contributed by atoms with van der Waals surface area (Å²) in [7, 11) is 0. The second kappa shape index (κ2) is 5.79. The molecule has 1 aromatic carbocycles. The number of nitrogens with zero attached hydrogens (tertiary/aromatic N) is 1. The third kappa shape index (κ3) is 2.22. The van der Waals surface area contributed by atoms with Crippen molar-refractivity contribution in [3.05, 3.63) is 41.5 Å². The third-order valence-corrected chi connectivity index (χ3v) is 7.73. The Hall–Kier alpha value is -2.43. The van der Waals surface area contributed by atoms with E-state index in [-0.39, 0.29) is 47.9 Å². The van der Waals surface area contributed by atoms with Crippen molar-refractivity contribution < 1.29 is 14.4 Å². The normalized spacial score (nSPS) is 36.8. The summed E-state index contributed by atoms with van der Waals surface area (Å²) in [4.78, 5) is 40.0. The number of anilines is 1. The van der Waals surface area contributed by atoms with Gasteiger partial charge < -0.3 is 5.32 Å². The first-order valence-electron chi connectivity index (χ1n) is 10.6. The number of nitrogens with one attached hydrogen (secondary N) is 1. The minimum Gasteiger partial charge on any atom is -0.324 e. The Morgan fingerprint density at radius 1 is 1.00 bits per heavy atom. The van der Waals surface area contributed by atoms with E-state index in [4.69, 9.17) is 0 Å². The predicted octanol–water partition coefficient (Wildman–Crippen LogP) is 2.56. The molecule has 2 saturated carbocycles. The first-order chi connectivity index (χ1) is 13.6. The van der Waals surface area contributed by atoms with E-state index in [1.54, 1.807) is 0 Å². The molecule has 28 heavy (non-hydrogen) atoms. The Bertz CT molecular complexity index is 900. The van der Waals surface area contributed by atoms with Gasteiger partial charge in [-0.15, -0.1) is 0 Å². The van der Waals surface area contributed by atoms with Gasteiger partial charge in [0, 0.05) is 5.69 Å². The highest BCUT2D eigenvalue weighted by Crippen LogP contribution is 2.65. The van der Waals surface area contributed by atoms with Crippen LogP contribution in [0.25, 0.3) is 0 Å². The topological polar surface area (TPSA) is 66.5 Å². The molecule has 7 rings (SSSR count). The van der Waals surface area contributed by atoms with Crippen LogP contribution in [0.5, 0.6) is 0 Å². The van der Waals surface area contributed by atoms with Gasteiger partial charge in [0.2, 0.25) is 17.7 Å². The predicted molar refractivity (Wildman–Crippen MR) is 103 cm³/mol. The molecule has 1 aliphatic heterocycles. The molecule has 1 N–H and O–H groups in total. The molecule has 0 aromatic heterocycles. The maximum absolute atomic E-state index is 13.0. The van der Waals surface area contributed by atoms with Crippen LogP contribution in [0.2, 0.25) is 0 Å². The summed E-state index contributed by atoms with van der Waals surface area (Å²) in [5.74, 6) is 0.554. The van der Waals surface area contributed by atoms with E-state index < -0.39 is 0 Å². The lowest BCUT2D eigenvalue weighted by Crippen LogP contribution is -2.40. The lowest BCUT2D eigenvalue weighted by atomic mass is 9.63.